The molecular weight excluding hydrogens is 320 g/mol. The van der Waals surface area contributed by atoms with Crippen LogP contribution in [0.5, 0.6) is 0 Å². The highest BCUT2D eigenvalue weighted by Gasteiger charge is 2.26. The highest BCUT2D eigenvalue weighted by molar-refractivity contribution is 6.30. The zero-order valence-electron chi connectivity index (χ0n) is 14.2. The van der Waals surface area contributed by atoms with Crippen LogP contribution in [0, 0.1) is 23.2 Å². The van der Waals surface area contributed by atoms with Crippen molar-refractivity contribution >= 4 is 23.1 Å². The van der Waals surface area contributed by atoms with E-state index in [2.05, 4.69) is 24.8 Å². The molecule has 2 atom stereocenters. The van der Waals surface area contributed by atoms with E-state index in [1.165, 1.54) is 6.42 Å². The van der Waals surface area contributed by atoms with E-state index in [1.54, 1.807) is 6.07 Å². The SMILES string of the molecule is C[C@@H]1C[C@@H](C)CN(c2c(N)cc(C#N)n2Cc2ccc(Cl)cc2)C1. The Bertz CT molecular complexity index is 747. The summed E-state index contributed by atoms with van der Waals surface area (Å²) in [6, 6.07) is 11.8. The van der Waals surface area contributed by atoms with Crippen LogP contribution in [0.3, 0.4) is 0 Å². The van der Waals surface area contributed by atoms with E-state index in [0.29, 0.717) is 34.8 Å². The van der Waals surface area contributed by atoms with Crippen molar-refractivity contribution in [2.45, 2.75) is 26.8 Å². The smallest absolute Gasteiger partial charge is 0.133 e. The summed E-state index contributed by atoms with van der Waals surface area (Å²) in [7, 11) is 0. The van der Waals surface area contributed by atoms with Crippen LogP contribution in [0.1, 0.15) is 31.5 Å². The Morgan fingerprint density at radius 1 is 1.21 bits per heavy atom. The maximum atomic E-state index is 9.51. The summed E-state index contributed by atoms with van der Waals surface area (Å²) in [5, 5.41) is 10.2. The van der Waals surface area contributed by atoms with Crippen molar-refractivity contribution in [2.24, 2.45) is 11.8 Å². The number of hydrogen-bond donors (Lipinski definition) is 1. The van der Waals surface area contributed by atoms with Gasteiger partial charge in [0.15, 0.2) is 0 Å². The molecule has 3 rings (SSSR count). The standard InChI is InChI=1S/C19H23ClN4/c1-13-7-14(2)11-23(10-13)19-18(22)8-17(9-21)24(19)12-15-3-5-16(20)6-4-15/h3-6,8,13-14H,7,10-12,22H2,1-2H3/t13-,14-/m1/s1. The Morgan fingerprint density at radius 3 is 2.42 bits per heavy atom. The molecule has 0 saturated carbocycles. The summed E-state index contributed by atoms with van der Waals surface area (Å²) in [6.07, 6.45) is 1.24. The molecule has 1 aromatic carbocycles. The lowest BCUT2D eigenvalue weighted by atomic mass is 9.92. The minimum Gasteiger partial charge on any atom is -0.396 e. The average Bonchev–Trinajstić information content (AvgIpc) is 2.84. The number of piperidine rings is 1. The first-order valence-electron chi connectivity index (χ1n) is 8.36. The minimum absolute atomic E-state index is 0.600. The van der Waals surface area contributed by atoms with E-state index < -0.39 is 0 Å². The van der Waals surface area contributed by atoms with Crippen molar-refractivity contribution < 1.29 is 0 Å². The van der Waals surface area contributed by atoms with E-state index in [-0.39, 0.29) is 0 Å². The molecule has 24 heavy (non-hydrogen) atoms. The van der Waals surface area contributed by atoms with Gasteiger partial charge in [0, 0.05) is 18.1 Å². The summed E-state index contributed by atoms with van der Waals surface area (Å²) >= 11 is 5.98. The number of nitrogens with zero attached hydrogens (tertiary/aromatic N) is 3. The van der Waals surface area contributed by atoms with Crippen LogP contribution in [-0.2, 0) is 6.54 Å². The quantitative estimate of drug-likeness (QED) is 0.912. The minimum atomic E-state index is 0.600. The Balaban J connectivity index is 1.98. The number of hydrogen-bond acceptors (Lipinski definition) is 3. The fraction of sp³-hybridized carbons (Fsp3) is 0.421. The molecule has 4 nitrogen and oxygen atoms in total. The lowest BCUT2D eigenvalue weighted by Gasteiger charge is -2.37. The predicted octanol–water partition coefficient (Wildman–Crippen LogP) is 4.13. The first-order chi connectivity index (χ1) is 11.5. The molecule has 0 spiro atoms. The molecule has 2 aromatic rings. The Kier molecular flexibility index (Phi) is 4.73. The fourth-order valence-corrected chi connectivity index (χ4v) is 3.90. The van der Waals surface area contributed by atoms with Crippen molar-refractivity contribution in [3.05, 3.63) is 46.6 Å². The number of nitriles is 1. The zero-order chi connectivity index (χ0) is 17.3. The van der Waals surface area contributed by atoms with E-state index >= 15 is 0 Å². The van der Waals surface area contributed by atoms with Gasteiger partial charge in [-0.2, -0.15) is 5.26 Å². The molecule has 0 amide bonds. The number of benzene rings is 1. The van der Waals surface area contributed by atoms with Gasteiger partial charge < -0.3 is 15.2 Å². The second-order valence-electron chi connectivity index (χ2n) is 6.98. The lowest BCUT2D eigenvalue weighted by Crippen LogP contribution is -2.40. The normalized spacial score (nSPS) is 20.8. The second-order valence-corrected chi connectivity index (χ2v) is 7.42. The number of nitrogens with two attached hydrogens (primary N) is 1. The van der Waals surface area contributed by atoms with Crippen molar-refractivity contribution in [1.29, 1.82) is 5.26 Å². The lowest BCUT2D eigenvalue weighted by molar-refractivity contribution is 0.353. The molecule has 0 bridgehead atoms. The maximum Gasteiger partial charge on any atom is 0.133 e. The van der Waals surface area contributed by atoms with Crippen LogP contribution in [-0.4, -0.2) is 17.7 Å². The van der Waals surface area contributed by atoms with E-state index in [4.69, 9.17) is 17.3 Å². The number of halogens is 1. The van der Waals surface area contributed by atoms with Crippen LogP contribution < -0.4 is 10.6 Å². The number of aromatic nitrogens is 1. The van der Waals surface area contributed by atoms with Gasteiger partial charge in [0.2, 0.25) is 0 Å². The zero-order valence-corrected chi connectivity index (χ0v) is 14.9. The van der Waals surface area contributed by atoms with Crippen LogP contribution in [0.15, 0.2) is 30.3 Å². The monoisotopic (exact) mass is 342 g/mol. The van der Waals surface area contributed by atoms with Crippen LogP contribution in [0.4, 0.5) is 11.5 Å². The summed E-state index contributed by atoms with van der Waals surface area (Å²) in [5.41, 5.74) is 8.67. The van der Waals surface area contributed by atoms with Crippen molar-refractivity contribution in [2.75, 3.05) is 23.7 Å². The van der Waals surface area contributed by atoms with Gasteiger partial charge >= 0.3 is 0 Å². The van der Waals surface area contributed by atoms with Gasteiger partial charge in [-0.05, 0) is 42.0 Å². The van der Waals surface area contributed by atoms with E-state index in [0.717, 1.165) is 24.5 Å². The summed E-state index contributed by atoms with van der Waals surface area (Å²) in [4.78, 5) is 2.34. The molecule has 1 saturated heterocycles. The molecule has 0 radical (unpaired) electrons. The molecule has 1 fully saturated rings. The highest BCUT2D eigenvalue weighted by atomic mass is 35.5. The third kappa shape index (κ3) is 3.37. The third-order valence-electron chi connectivity index (χ3n) is 4.63. The van der Waals surface area contributed by atoms with Gasteiger partial charge in [-0.15, -0.1) is 0 Å². The number of anilines is 2. The van der Waals surface area contributed by atoms with E-state index in [1.807, 2.05) is 28.8 Å². The summed E-state index contributed by atoms with van der Waals surface area (Å²) < 4.78 is 2.03. The van der Waals surface area contributed by atoms with Crippen LogP contribution >= 0.6 is 11.6 Å². The van der Waals surface area contributed by atoms with Crippen LogP contribution in [0.25, 0.3) is 0 Å². The van der Waals surface area contributed by atoms with Gasteiger partial charge in [0.05, 0.1) is 12.2 Å². The second kappa shape index (κ2) is 6.78. The van der Waals surface area contributed by atoms with Gasteiger partial charge in [0.25, 0.3) is 0 Å². The summed E-state index contributed by atoms with van der Waals surface area (Å²) in [6.45, 7) is 7.12. The molecule has 0 unspecified atom stereocenters. The molecule has 2 heterocycles. The first-order valence-corrected chi connectivity index (χ1v) is 8.74. The van der Waals surface area contributed by atoms with E-state index in [9.17, 15) is 5.26 Å². The van der Waals surface area contributed by atoms with Gasteiger partial charge in [-0.25, -0.2) is 0 Å². The summed E-state index contributed by atoms with van der Waals surface area (Å²) in [5.74, 6) is 2.22. The topological polar surface area (TPSA) is 58.0 Å². The van der Waals surface area contributed by atoms with Crippen molar-refractivity contribution in [1.82, 2.24) is 4.57 Å². The maximum absolute atomic E-state index is 9.51. The van der Waals surface area contributed by atoms with Crippen molar-refractivity contribution in [3.8, 4) is 6.07 Å². The Labute approximate surface area is 148 Å². The number of nitrogen functional groups attached to an aromatic ring is 1. The fourth-order valence-electron chi connectivity index (χ4n) is 3.77. The predicted molar refractivity (Wildman–Crippen MR) is 99.3 cm³/mol. The molecule has 2 N–H and O–H groups in total. The number of rotatable bonds is 3. The highest BCUT2D eigenvalue weighted by Crippen LogP contribution is 2.33. The van der Waals surface area contributed by atoms with Gasteiger partial charge in [-0.3, -0.25) is 0 Å². The van der Waals surface area contributed by atoms with Gasteiger partial charge in [-0.1, -0.05) is 37.6 Å². The molecule has 1 aromatic heterocycles. The molecule has 5 heteroatoms. The van der Waals surface area contributed by atoms with Crippen molar-refractivity contribution in [3.63, 3.8) is 0 Å². The Morgan fingerprint density at radius 2 is 1.83 bits per heavy atom. The largest absolute Gasteiger partial charge is 0.396 e. The Hall–Kier alpha value is -2.12. The van der Waals surface area contributed by atoms with Gasteiger partial charge in [0.1, 0.15) is 17.6 Å². The average molecular weight is 343 g/mol. The third-order valence-corrected chi connectivity index (χ3v) is 4.89. The van der Waals surface area contributed by atoms with Crippen LogP contribution in [0.2, 0.25) is 5.02 Å². The first kappa shape index (κ1) is 16.7. The molecule has 126 valence electrons. The molecular formula is C19H23ClN4. The molecule has 1 aliphatic heterocycles. The molecule has 1 aliphatic rings. The molecule has 0 aliphatic carbocycles.